The zero-order valence-corrected chi connectivity index (χ0v) is 19.2. The van der Waals surface area contributed by atoms with E-state index < -0.39 is 15.9 Å². The highest BCUT2D eigenvalue weighted by molar-refractivity contribution is 7.92. The summed E-state index contributed by atoms with van der Waals surface area (Å²) >= 11 is 1.32. The molecule has 0 saturated carbocycles. The van der Waals surface area contributed by atoms with Crippen LogP contribution in [0.5, 0.6) is 5.88 Å². The standard InChI is InChI=1S/C22H16N6O4S2/c1-32-21-19(34(30,31)28-16-8-7-15(10-23)24-11-16)9-17(12-25-21)26-20(29)18-13-33-22(27-18)14-5-3-2-4-6-14/h2-9,11-13,28H,1H3,(H,26,29). The van der Waals surface area contributed by atoms with Crippen LogP contribution in [0.3, 0.4) is 0 Å². The summed E-state index contributed by atoms with van der Waals surface area (Å²) in [6.45, 7) is 0. The maximum Gasteiger partial charge on any atom is 0.275 e. The number of pyridine rings is 2. The predicted molar refractivity (Wildman–Crippen MR) is 126 cm³/mol. The van der Waals surface area contributed by atoms with Crippen LogP contribution >= 0.6 is 11.3 Å². The van der Waals surface area contributed by atoms with Crippen molar-refractivity contribution >= 4 is 38.6 Å². The maximum atomic E-state index is 13.0. The fourth-order valence-electron chi connectivity index (χ4n) is 2.86. The molecule has 0 aliphatic rings. The molecule has 170 valence electrons. The molecule has 0 unspecified atom stereocenters. The summed E-state index contributed by atoms with van der Waals surface area (Å²) in [6.07, 6.45) is 2.50. The third kappa shape index (κ3) is 5.01. The zero-order valence-electron chi connectivity index (χ0n) is 17.6. The van der Waals surface area contributed by atoms with Crippen LogP contribution in [0.2, 0.25) is 0 Å². The lowest BCUT2D eigenvalue weighted by Crippen LogP contribution is -2.17. The van der Waals surface area contributed by atoms with Gasteiger partial charge in [-0.25, -0.2) is 23.4 Å². The molecule has 0 atom stereocenters. The number of nitriles is 1. The molecule has 0 fully saturated rings. The van der Waals surface area contributed by atoms with Gasteiger partial charge in [0.2, 0.25) is 5.88 Å². The highest BCUT2D eigenvalue weighted by Gasteiger charge is 2.23. The number of amides is 1. The van der Waals surface area contributed by atoms with Gasteiger partial charge >= 0.3 is 0 Å². The Hall–Kier alpha value is -4.34. The van der Waals surface area contributed by atoms with Gasteiger partial charge < -0.3 is 10.1 Å². The Kier molecular flexibility index (Phi) is 6.48. The Bertz CT molecular complexity index is 1480. The van der Waals surface area contributed by atoms with Crippen LogP contribution in [0.15, 0.2) is 71.2 Å². The van der Waals surface area contributed by atoms with E-state index in [0.717, 1.165) is 5.56 Å². The van der Waals surface area contributed by atoms with Crippen molar-refractivity contribution in [3.05, 3.63) is 77.7 Å². The van der Waals surface area contributed by atoms with Crippen molar-refractivity contribution in [3.8, 4) is 22.5 Å². The third-order valence-corrected chi connectivity index (χ3v) is 6.71. The second-order valence-corrected chi connectivity index (χ2v) is 9.25. The zero-order chi connectivity index (χ0) is 24.1. The highest BCUT2D eigenvalue weighted by atomic mass is 32.2. The molecule has 4 aromatic rings. The van der Waals surface area contributed by atoms with Gasteiger partial charge in [-0.15, -0.1) is 11.3 Å². The fourth-order valence-corrected chi connectivity index (χ4v) is 4.86. The molecule has 34 heavy (non-hydrogen) atoms. The van der Waals surface area contributed by atoms with Gasteiger partial charge in [-0.05, 0) is 18.2 Å². The number of carbonyl (C=O) groups excluding carboxylic acids is 1. The number of ether oxygens (including phenoxy) is 1. The van der Waals surface area contributed by atoms with Gasteiger partial charge in [0.25, 0.3) is 15.9 Å². The summed E-state index contributed by atoms with van der Waals surface area (Å²) < 4.78 is 33.4. The molecule has 0 aliphatic heterocycles. The van der Waals surface area contributed by atoms with Crippen molar-refractivity contribution in [2.75, 3.05) is 17.1 Å². The molecule has 0 saturated heterocycles. The molecule has 12 heteroatoms. The number of nitrogens with one attached hydrogen (secondary N) is 2. The number of nitrogens with zero attached hydrogens (tertiary/aromatic N) is 4. The lowest BCUT2D eigenvalue weighted by atomic mass is 10.2. The summed E-state index contributed by atoms with van der Waals surface area (Å²) in [6, 6.07) is 15.3. The molecule has 0 spiro atoms. The Morgan fingerprint density at radius 3 is 2.53 bits per heavy atom. The molecular formula is C22H16N6O4S2. The Balaban J connectivity index is 1.56. The first-order valence-electron chi connectivity index (χ1n) is 9.65. The van der Waals surface area contributed by atoms with E-state index >= 15 is 0 Å². The molecule has 2 N–H and O–H groups in total. The van der Waals surface area contributed by atoms with Crippen molar-refractivity contribution in [2.45, 2.75) is 4.90 Å². The number of benzene rings is 1. The van der Waals surface area contributed by atoms with Crippen LogP contribution in [0, 0.1) is 11.3 Å². The summed E-state index contributed by atoms with van der Waals surface area (Å²) in [5.41, 5.74) is 1.49. The SMILES string of the molecule is COc1ncc(NC(=O)c2csc(-c3ccccc3)n2)cc1S(=O)(=O)Nc1ccc(C#N)nc1. The van der Waals surface area contributed by atoms with Gasteiger partial charge in [0, 0.05) is 10.9 Å². The average molecular weight is 493 g/mol. The number of hydrogen-bond acceptors (Lipinski definition) is 9. The second-order valence-electron chi connectivity index (χ2n) is 6.74. The van der Waals surface area contributed by atoms with Gasteiger partial charge in [0.15, 0.2) is 4.90 Å². The van der Waals surface area contributed by atoms with Crippen LogP contribution in [0.1, 0.15) is 16.2 Å². The molecule has 3 aromatic heterocycles. The van der Waals surface area contributed by atoms with Crippen molar-refractivity contribution in [1.82, 2.24) is 15.0 Å². The highest BCUT2D eigenvalue weighted by Crippen LogP contribution is 2.27. The Labute approximate surface area is 199 Å². The monoisotopic (exact) mass is 492 g/mol. The van der Waals surface area contributed by atoms with Crippen LogP contribution in [0.4, 0.5) is 11.4 Å². The van der Waals surface area contributed by atoms with E-state index in [-0.39, 0.29) is 33.5 Å². The Morgan fingerprint density at radius 2 is 1.85 bits per heavy atom. The van der Waals surface area contributed by atoms with Crippen LogP contribution in [0.25, 0.3) is 10.6 Å². The van der Waals surface area contributed by atoms with Gasteiger partial charge in [-0.3, -0.25) is 9.52 Å². The van der Waals surface area contributed by atoms with E-state index in [2.05, 4.69) is 25.0 Å². The van der Waals surface area contributed by atoms with E-state index in [1.54, 1.807) is 5.38 Å². The molecule has 4 rings (SSSR count). The summed E-state index contributed by atoms with van der Waals surface area (Å²) in [5, 5.41) is 13.7. The first kappa shape index (κ1) is 22.8. The number of sulfonamides is 1. The second kappa shape index (κ2) is 9.65. The molecular weight excluding hydrogens is 476 g/mol. The van der Waals surface area contributed by atoms with E-state index in [1.807, 2.05) is 36.4 Å². The van der Waals surface area contributed by atoms with E-state index in [0.29, 0.717) is 5.01 Å². The van der Waals surface area contributed by atoms with Crippen molar-refractivity contribution in [3.63, 3.8) is 0 Å². The largest absolute Gasteiger partial charge is 0.480 e. The fraction of sp³-hybridized carbons (Fsp3) is 0.0455. The van der Waals surface area contributed by atoms with Crippen molar-refractivity contribution in [1.29, 1.82) is 5.26 Å². The molecule has 0 aliphatic carbocycles. The minimum absolute atomic E-state index is 0.137. The number of hydrogen-bond donors (Lipinski definition) is 2. The first-order valence-corrected chi connectivity index (χ1v) is 12.0. The lowest BCUT2D eigenvalue weighted by Gasteiger charge is -2.12. The van der Waals surface area contributed by atoms with Crippen LogP contribution in [-0.2, 0) is 10.0 Å². The molecule has 10 nitrogen and oxygen atoms in total. The van der Waals surface area contributed by atoms with Gasteiger partial charge in [-0.2, -0.15) is 5.26 Å². The minimum atomic E-state index is -4.16. The van der Waals surface area contributed by atoms with E-state index in [9.17, 15) is 13.2 Å². The van der Waals surface area contributed by atoms with Crippen LogP contribution < -0.4 is 14.8 Å². The number of rotatable bonds is 7. The number of aromatic nitrogens is 3. The normalized spacial score (nSPS) is 10.8. The lowest BCUT2D eigenvalue weighted by molar-refractivity contribution is 0.102. The summed E-state index contributed by atoms with van der Waals surface area (Å²) in [4.78, 5) is 24.6. The number of carbonyl (C=O) groups is 1. The van der Waals surface area contributed by atoms with E-state index in [1.165, 1.54) is 49.0 Å². The molecule has 0 radical (unpaired) electrons. The smallest absolute Gasteiger partial charge is 0.275 e. The summed E-state index contributed by atoms with van der Waals surface area (Å²) in [7, 11) is -2.87. The average Bonchev–Trinajstić information content (AvgIpc) is 3.35. The topological polar surface area (TPSA) is 147 Å². The Morgan fingerprint density at radius 1 is 1.09 bits per heavy atom. The van der Waals surface area contributed by atoms with Crippen molar-refractivity contribution < 1.29 is 17.9 Å². The summed E-state index contributed by atoms with van der Waals surface area (Å²) in [5.74, 6) is -0.676. The molecule has 0 bridgehead atoms. The number of methoxy groups -OCH3 is 1. The van der Waals surface area contributed by atoms with Gasteiger partial charge in [-0.1, -0.05) is 30.3 Å². The quantitative estimate of drug-likeness (QED) is 0.398. The van der Waals surface area contributed by atoms with Gasteiger partial charge in [0.1, 0.15) is 22.5 Å². The maximum absolute atomic E-state index is 13.0. The predicted octanol–water partition coefficient (Wildman–Crippen LogP) is 3.53. The van der Waals surface area contributed by atoms with Gasteiger partial charge in [0.05, 0.1) is 30.9 Å². The molecule has 1 aromatic carbocycles. The van der Waals surface area contributed by atoms with Crippen molar-refractivity contribution in [2.24, 2.45) is 0 Å². The van der Waals surface area contributed by atoms with E-state index in [4.69, 9.17) is 10.00 Å². The number of anilines is 2. The first-order chi connectivity index (χ1) is 16.4. The van der Waals surface area contributed by atoms with Crippen LogP contribution in [-0.4, -0.2) is 36.4 Å². The molecule has 1 amide bonds. The molecule has 3 heterocycles. The third-order valence-electron chi connectivity index (χ3n) is 4.45. The number of thiazole rings is 1. The minimum Gasteiger partial charge on any atom is -0.480 e.